The first-order valence-corrected chi connectivity index (χ1v) is 7.90. The largest absolute Gasteiger partial charge is 0.467 e. The van der Waals surface area contributed by atoms with Gasteiger partial charge in [-0.1, -0.05) is 24.9 Å². The third-order valence-corrected chi connectivity index (χ3v) is 3.74. The van der Waals surface area contributed by atoms with Gasteiger partial charge in [-0.2, -0.15) is 15.1 Å². The van der Waals surface area contributed by atoms with E-state index in [0.717, 1.165) is 36.3 Å². The van der Waals surface area contributed by atoms with Gasteiger partial charge in [0.1, 0.15) is 5.82 Å². The molecular weight excluding hydrogens is 314 g/mol. The van der Waals surface area contributed by atoms with Gasteiger partial charge in [0.05, 0.1) is 24.4 Å². The summed E-state index contributed by atoms with van der Waals surface area (Å²) in [6, 6.07) is 7.75. The molecule has 0 saturated carbocycles. The summed E-state index contributed by atoms with van der Waals surface area (Å²) in [5, 5.41) is 9.30. The van der Waals surface area contributed by atoms with E-state index in [9.17, 15) is 0 Å². The Morgan fingerprint density at radius 3 is 2.70 bits per heavy atom. The molecular formula is C16H18ClN5O. The van der Waals surface area contributed by atoms with Crippen molar-refractivity contribution in [2.24, 2.45) is 0 Å². The van der Waals surface area contributed by atoms with Crippen LogP contribution in [-0.4, -0.2) is 33.4 Å². The van der Waals surface area contributed by atoms with Gasteiger partial charge in [0.25, 0.3) is 0 Å². The molecule has 0 radical (unpaired) electrons. The SMILES string of the molecule is CCCCNc1nc(OC)nc2c1cnn2-c1ccc(Cl)cc1. The Hall–Kier alpha value is -2.34. The van der Waals surface area contributed by atoms with Crippen molar-refractivity contribution in [1.29, 1.82) is 0 Å². The van der Waals surface area contributed by atoms with E-state index in [1.807, 2.05) is 24.3 Å². The zero-order chi connectivity index (χ0) is 16.2. The number of methoxy groups -OCH3 is 1. The van der Waals surface area contributed by atoms with Gasteiger partial charge in [-0.15, -0.1) is 0 Å². The maximum Gasteiger partial charge on any atom is 0.320 e. The summed E-state index contributed by atoms with van der Waals surface area (Å²) >= 11 is 5.95. The van der Waals surface area contributed by atoms with Gasteiger partial charge < -0.3 is 10.1 Å². The number of unbranched alkanes of at least 4 members (excludes halogenated alkanes) is 1. The Labute approximate surface area is 139 Å². The van der Waals surface area contributed by atoms with Crippen LogP contribution in [0.15, 0.2) is 30.5 Å². The van der Waals surface area contributed by atoms with E-state index >= 15 is 0 Å². The Morgan fingerprint density at radius 1 is 1.22 bits per heavy atom. The van der Waals surface area contributed by atoms with Crippen LogP contribution in [0.3, 0.4) is 0 Å². The van der Waals surface area contributed by atoms with Crippen LogP contribution in [0.25, 0.3) is 16.7 Å². The van der Waals surface area contributed by atoms with Crippen LogP contribution in [0.5, 0.6) is 6.01 Å². The minimum absolute atomic E-state index is 0.312. The first kappa shape index (κ1) is 15.6. The minimum Gasteiger partial charge on any atom is -0.467 e. The average molecular weight is 332 g/mol. The van der Waals surface area contributed by atoms with Crippen LogP contribution < -0.4 is 10.1 Å². The lowest BCUT2D eigenvalue weighted by Crippen LogP contribution is -2.06. The first-order chi connectivity index (χ1) is 11.2. The maximum atomic E-state index is 5.95. The van der Waals surface area contributed by atoms with E-state index in [4.69, 9.17) is 16.3 Å². The van der Waals surface area contributed by atoms with Gasteiger partial charge in [-0.25, -0.2) is 4.68 Å². The summed E-state index contributed by atoms with van der Waals surface area (Å²) in [4.78, 5) is 8.83. The van der Waals surface area contributed by atoms with E-state index in [1.165, 1.54) is 0 Å². The molecule has 3 aromatic rings. The second-order valence-corrected chi connectivity index (χ2v) is 5.55. The molecule has 1 N–H and O–H groups in total. The second kappa shape index (κ2) is 6.83. The van der Waals surface area contributed by atoms with E-state index in [0.29, 0.717) is 16.7 Å². The number of ether oxygens (including phenoxy) is 1. The molecule has 0 spiro atoms. The van der Waals surface area contributed by atoms with Crippen molar-refractivity contribution in [2.45, 2.75) is 19.8 Å². The molecule has 0 fully saturated rings. The van der Waals surface area contributed by atoms with Crippen LogP contribution in [0.4, 0.5) is 5.82 Å². The maximum absolute atomic E-state index is 5.95. The fraction of sp³-hybridized carbons (Fsp3) is 0.312. The van der Waals surface area contributed by atoms with Gasteiger partial charge in [-0.3, -0.25) is 0 Å². The number of nitrogens with one attached hydrogen (secondary N) is 1. The van der Waals surface area contributed by atoms with E-state index in [-0.39, 0.29) is 0 Å². The summed E-state index contributed by atoms with van der Waals surface area (Å²) in [6.45, 7) is 2.99. The van der Waals surface area contributed by atoms with Crippen LogP contribution in [0.1, 0.15) is 19.8 Å². The molecule has 23 heavy (non-hydrogen) atoms. The predicted molar refractivity (Wildman–Crippen MR) is 91.6 cm³/mol. The van der Waals surface area contributed by atoms with E-state index in [1.54, 1.807) is 18.0 Å². The van der Waals surface area contributed by atoms with Crippen molar-refractivity contribution in [3.05, 3.63) is 35.5 Å². The third-order valence-electron chi connectivity index (χ3n) is 3.48. The highest BCUT2D eigenvalue weighted by Gasteiger charge is 2.14. The smallest absolute Gasteiger partial charge is 0.320 e. The molecule has 3 rings (SSSR count). The second-order valence-electron chi connectivity index (χ2n) is 5.11. The van der Waals surface area contributed by atoms with Crippen molar-refractivity contribution in [1.82, 2.24) is 19.7 Å². The molecule has 6 nitrogen and oxygen atoms in total. The third kappa shape index (κ3) is 3.22. The number of halogens is 1. The number of aromatic nitrogens is 4. The summed E-state index contributed by atoms with van der Waals surface area (Å²) < 4.78 is 6.98. The topological polar surface area (TPSA) is 64.9 Å². The zero-order valence-corrected chi connectivity index (χ0v) is 13.8. The van der Waals surface area contributed by atoms with Crippen LogP contribution in [0.2, 0.25) is 5.02 Å². The highest BCUT2D eigenvalue weighted by molar-refractivity contribution is 6.30. The number of benzene rings is 1. The normalized spacial score (nSPS) is 10.9. The van der Waals surface area contributed by atoms with Crippen LogP contribution in [0, 0.1) is 0 Å². The van der Waals surface area contributed by atoms with Gasteiger partial charge in [0.2, 0.25) is 0 Å². The van der Waals surface area contributed by atoms with Gasteiger partial charge in [0.15, 0.2) is 5.65 Å². The number of hydrogen-bond acceptors (Lipinski definition) is 5. The lowest BCUT2D eigenvalue weighted by molar-refractivity contribution is 0.382. The molecule has 0 unspecified atom stereocenters. The summed E-state index contributed by atoms with van der Waals surface area (Å²) in [6.07, 6.45) is 3.94. The average Bonchev–Trinajstić information content (AvgIpc) is 2.99. The number of nitrogens with zero attached hydrogens (tertiary/aromatic N) is 4. The van der Waals surface area contributed by atoms with Crippen molar-refractivity contribution in [2.75, 3.05) is 19.0 Å². The zero-order valence-electron chi connectivity index (χ0n) is 13.1. The molecule has 2 aromatic heterocycles. The molecule has 1 aromatic carbocycles. The first-order valence-electron chi connectivity index (χ1n) is 7.52. The van der Waals surface area contributed by atoms with Crippen LogP contribution >= 0.6 is 11.6 Å². The van der Waals surface area contributed by atoms with Gasteiger partial charge in [-0.05, 0) is 30.7 Å². The fourth-order valence-electron chi connectivity index (χ4n) is 2.27. The summed E-state index contributed by atoms with van der Waals surface area (Å²) in [5.74, 6) is 0.737. The van der Waals surface area contributed by atoms with Crippen molar-refractivity contribution >= 4 is 28.5 Å². The Kier molecular flexibility index (Phi) is 4.62. The summed E-state index contributed by atoms with van der Waals surface area (Å²) in [5.41, 5.74) is 1.57. The minimum atomic E-state index is 0.312. The summed E-state index contributed by atoms with van der Waals surface area (Å²) in [7, 11) is 1.56. The highest BCUT2D eigenvalue weighted by atomic mass is 35.5. The van der Waals surface area contributed by atoms with Gasteiger partial charge in [0, 0.05) is 11.6 Å². The molecule has 7 heteroatoms. The van der Waals surface area contributed by atoms with Crippen molar-refractivity contribution in [3.63, 3.8) is 0 Å². The van der Waals surface area contributed by atoms with E-state index < -0.39 is 0 Å². The molecule has 0 amide bonds. The highest BCUT2D eigenvalue weighted by Crippen LogP contribution is 2.25. The lowest BCUT2D eigenvalue weighted by Gasteiger charge is -2.08. The predicted octanol–water partition coefficient (Wildman–Crippen LogP) is 3.69. The van der Waals surface area contributed by atoms with E-state index in [2.05, 4.69) is 27.3 Å². The number of hydrogen-bond donors (Lipinski definition) is 1. The number of fused-ring (bicyclic) bond motifs is 1. The molecule has 0 aliphatic rings. The molecule has 0 saturated heterocycles. The molecule has 0 aliphatic heterocycles. The molecule has 0 bridgehead atoms. The standard InChI is InChI=1S/C16H18ClN5O/c1-3-4-9-18-14-13-10-19-22(12-7-5-11(17)6-8-12)15(13)21-16(20-14)23-2/h5-8,10H,3-4,9H2,1-2H3,(H,18,20,21). The molecule has 2 heterocycles. The lowest BCUT2D eigenvalue weighted by atomic mass is 10.3. The Bertz CT molecular complexity index is 800. The quantitative estimate of drug-likeness (QED) is 0.698. The van der Waals surface area contributed by atoms with Crippen molar-refractivity contribution in [3.8, 4) is 11.7 Å². The van der Waals surface area contributed by atoms with Gasteiger partial charge >= 0.3 is 6.01 Å². The molecule has 0 atom stereocenters. The number of anilines is 1. The Morgan fingerprint density at radius 2 is 2.00 bits per heavy atom. The fourth-order valence-corrected chi connectivity index (χ4v) is 2.39. The van der Waals surface area contributed by atoms with Crippen LogP contribution in [-0.2, 0) is 0 Å². The monoisotopic (exact) mass is 331 g/mol. The molecule has 0 aliphatic carbocycles. The molecule has 120 valence electrons. The Balaban J connectivity index is 2.07. The number of rotatable bonds is 6. The van der Waals surface area contributed by atoms with Crippen molar-refractivity contribution < 1.29 is 4.74 Å².